The van der Waals surface area contributed by atoms with Gasteiger partial charge >= 0.3 is 0 Å². The van der Waals surface area contributed by atoms with E-state index >= 15 is 0 Å². The number of rotatable bonds is 9. The molecule has 0 bridgehead atoms. The van der Waals surface area contributed by atoms with Crippen LogP contribution in [0.2, 0.25) is 15.1 Å². The van der Waals surface area contributed by atoms with Crippen LogP contribution in [0.3, 0.4) is 0 Å². The minimum absolute atomic E-state index is 0.350. The fraction of sp³-hybridized carbons (Fsp3) is 0.333. The van der Waals surface area contributed by atoms with E-state index in [9.17, 15) is 0 Å². The van der Waals surface area contributed by atoms with E-state index in [0.717, 1.165) is 45.1 Å². The molecule has 186 valence electrons. The van der Waals surface area contributed by atoms with Gasteiger partial charge in [0, 0.05) is 29.8 Å². The first-order valence-corrected chi connectivity index (χ1v) is 13.7. The van der Waals surface area contributed by atoms with E-state index < -0.39 is 0 Å². The largest absolute Gasteiger partial charge is 0.490 e. The Morgan fingerprint density at radius 2 is 1.63 bits per heavy atom. The highest BCUT2D eigenvalue weighted by Crippen LogP contribution is 2.36. The first-order valence-electron chi connectivity index (χ1n) is 11.7. The van der Waals surface area contributed by atoms with Crippen molar-refractivity contribution in [3.05, 3.63) is 79.2 Å². The summed E-state index contributed by atoms with van der Waals surface area (Å²) in [4.78, 5) is 2.37. The Bertz CT molecular complexity index is 1170. The molecule has 1 N–H and O–H groups in total. The molecular formula is C27H28BrCl3N2O2. The van der Waals surface area contributed by atoms with Gasteiger partial charge in [-0.15, -0.1) is 0 Å². The Morgan fingerprint density at radius 3 is 2.34 bits per heavy atom. The lowest BCUT2D eigenvalue weighted by atomic mass is 10.1. The van der Waals surface area contributed by atoms with Crippen LogP contribution in [0, 0.1) is 0 Å². The van der Waals surface area contributed by atoms with Crippen molar-refractivity contribution in [3.8, 4) is 11.5 Å². The van der Waals surface area contributed by atoms with Crippen LogP contribution in [-0.2, 0) is 13.2 Å². The number of nitrogens with one attached hydrogen (secondary N) is 1. The number of ether oxygens (including phenoxy) is 2. The first kappa shape index (κ1) is 26.3. The number of anilines is 2. The Labute approximate surface area is 230 Å². The summed E-state index contributed by atoms with van der Waals surface area (Å²) in [5.41, 5.74) is 4.06. The van der Waals surface area contributed by atoms with Crippen LogP contribution in [0.4, 0.5) is 11.4 Å². The van der Waals surface area contributed by atoms with Gasteiger partial charge in [0.05, 0.1) is 27.4 Å². The predicted molar refractivity (Wildman–Crippen MR) is 151 cm³/mol. The van der Waals surface area contributed by atoms with Crippen LogP contribution in [0.25, 0.3) is 0 Å². The summed E-state index contributed by atoms with van der Waals surface area (Å²) in [5, 5.41) is 5.27. The van der Waals surface area contributed by atoms with E-state index in [1.165, 1.54) is 19.3 Å². The number of halogens is 4. The van der Waals surface area contributed by atoms with Gasteiger partial charge in [0.15, 0.2) is 11.5 Å². The lowest BCUT2D eigenvalue weighted by Gasteiger charge is -2.29. The van der Waals surface area contributed by atoms with Crippen LogP contribution in [0.1, 0.15) is 37.3 Å². The quantitative estimate of drug-likeness (QED) is 0.267. The predicted octanol–water partition coefficient (Wildman–Crippen LogP) is 8.99. The lowest BCUT2D eigenvalue weighted by molar-refractivity contribution is 0.269. The minimum Gasteiger partial charge on any atom is -0.490 e. The van der Waals surface area contributed by atoms with Crippen molar-refractivity contribution in [2.45, 2.75) is 39.3 Å². The molecule has 0 atom stereocenters. The first-order chi connectivity index (χ1) is 16.9. The molecule has 3 aromatic rings. The molecule has 0 spiro atoms. The van der Waals surface area contributed by atoms with Crippen molar-refractivity contribution in [2.75, 3.05) is 29.9 Å². The SMILES string of the molecule is CCOc1cc(CNc2ccc(N3CCCCC3)c(Cl)c2)c(Br)cc1OCc1ccc(Cl)c(Cl)c1. The van der Waals surface area contributed by atoms with E-state index in [0.29, 0.717) is 41.3 Å². The molecule has 0 unspecified atom stereocenters. The van der Waals surface area contributed by atoms with Crippen LogP contribution in [0.5, 0.6) is 11.5 Å². The van der Waals surface area contributed by atoms with Gasteiger partial charge in [-0.3, -0.25) is 0 Å². The molecular weight excluding hydrogens is 571 g/mol. The van der Waals surface area contributed by atoms with Gasteiger partial charge in [0.1, 0.15) is 6.61 Å². The third kappa shape index (κ3) is 6.91. The van der Waals surface area contributed by atoms with Gasteiger partial charge < -0.3 is 19.7 Å². The van der Waals surface area contributed by atoms with Crippen molar-refractivity contribution in [1.82, 2.24) is 0 Å². The standard InChI is InChI=1S/C27H28BrCl3N2O2/c1-2-34-26-13-19(21(28)15-27(26)35-17-18-6-8-22(29)23(30)12-18)16-32-20-7-9-25(24(31)14-20)33-10-4-3-5-11-33/h6-9,12-15,32H,2-5,10-11,16-17H2,1H3. The molecule has 1 fully saturated rings. The molecule has 4 rings (SSSR count). The Morgan fingerprint density at radius 1 is 0.857 bits per heavy atom. The molecule has 35 heavy (non-hydrogen) atoms. The highest BCUT2D eigenvalue weighted by Gasteiger charge is 2.15. The fourth-order valence-electron chi connectivity index (χ4n) is 4.09. The lowest BCUT2D eigenvalue weighted by Crippen LogP contribution is -2.29. The summed E-state index contributed by atoms with van der Waals surface area (Å²) >= 11 is 22.5. The van der Waals surface area contributed by atoms with Gasteiger partial charge in [-0.25, -0.2) is 0 Å². The van der Waals surface area contributed by atoms with Crippen molar-refractivity contribution >= 4 is 62.1 Å². The zero-order chi connectivity index (χ0) is 24.8. The third-order valence-corrected chi connectivity index (χ3v) is 7.70. The highest BCUT2D eigenvalue weighted by molar-refractivity contribution is 9.10. The zero-order valence-corrected chi connectivity index (χ0v) is 23.4. The number of nitrogens with zero attached hydrogens (tertiary/aromatic N) is 1. The van der Waals surface area contributed by atoms with Crippen LogP contribution < -0.4 is 19.7 Å². The maximum atomic E-state index is 6.62. The molecule has 1 aliphatic rings. The van der Waals surface area contributed by atoms with E-state index in [2.05, 4.69) is 38.3 Å². The molecule has 0 radical (unpaired) electrons. The van der Waals surface area contributed by atoms with Gasteiger partial charge in [-0.05, 0) is 79.8 Å². The Balaban J connectivity index is 1.44. The van der Waals surface area contributed by atoms with E-state index in [1.54, 1.807) is 12.1 Å². The van der Waals surface area contributed by atoms with Gasteiger partial charge in [-0.1, -0.05) is 56.8 Å². The van der Waals surface area contributed by atoms with Gasteiger partial charge in [0.25, 0.3) is 0 Å². The van der Waals surface area contributed by atoms with E-state index in [4.69, 9.17) is 44.3 Å². The van der Waals surface area contributed by atoms with Crippen molar-refractivity contribution in [3.63, 3.8) is 0 Å². The number of piperidine rings is 1. The molecule has 1 heterocycles. The third-order valence-electron chi connectivity index (χ3n) is 5.92. The average Bonchev–Trinajstić information content (AvgIpc) is 2.86. The van der Waals surface area contributed by atoms with Crippen molar-refractivity contribution in [2.24, 2.45) is 0 Å². The topological polar surface area (TPSA) is 33.7 Å². The van der Waals surface area contributed by atoms with Crippen LogP contribution in [-0.4, -0.2) is 19.7 Å². The van der Waals surface area contributed by atoms with Crippen LogP contribution >= 0.6 is 50.7 Å². The summed E-state index contributed by atoms with van der Waals surface area (Å²) < 4.78 is 12.9. The molecule has 0 aromatic heterocycles. The average molecular weight is 599 g/mol. The number of hydrogen-bond donors (Lipinski definition) is 1. The molecule has 8 heteroatoms. The zero-order valence-electron chi connectivity index (χ0n) is 19.6. The van der Waals surface area contributed by atoms with Gasteiger partial charge in [-0.2, -0.15) is 0 Å². The monoisotopic (exact) mass is 596 g/mol. The fourth-order valence-corrected chi connectivity index (χ4v) is 5.17. The molecule has 1 saturated heterocycles. The van der Waals surface area contributed by atoms with Crippen molar-refractivity contribution in [1.29, 1.82) is 0 Å². The summed E-state index contributed by atoms with van der Waals surface area (Å²) in [6.45, 7) is 5.58. The minimum atomic E-state index is 0.350. The van der Waals surface area contributed by atoms with E-state index in [-0.39, 0.29) is 0 Å². The second kappa shape index (κ2) is 12.4. The number of hydrogen-bond acceptors (Lipinski definition) is 4. The molecule has 3 aromatic carbocycles. The molecule has 0 amide bonds. The van der Waals surface area contributed by atoms with Crippen molar-refractivity contribution < 1.29 is 9.47 Å². The normalized spacial score (nSPS) is 13.6. The smallest absolute Gasteiger partial charge is 0.162 e. The van der Waals surface area contributed by atoms with Gasteiger partial charge in [0.2, 0.25) is 0 Å². The van der Waals surface area contributed by atoms with Crippen LogP contribution in [0.15, 0.2) is 53.0 Å². The summed E-state index contributed by atoms with van der Waals surface area (Å²) in [6.07, 6.45) is 3.74. The Hall–Kier alpha value is -1.79. The van der Waals surface area contributed by atoms with E-state index in [1.807, 2.05) is 31.2 Å². The molecule has 0 saturated carbocycles. The maximum absolute atomic E-state index is 6.62. The summed E-state index contributed by atoms with van der Waals surface area (Å²) in [7, 11) is 0. The molecule has 4 nitrogen and oxygen atoms in total. The molecule has 0 aliphatic carbocycles. The molecule has 1 aliphatic heterocycles. The summed E-state index contributed by atoms with van der Waals surface area (Å²) in [5.74, 6) is 1.34. The second-order valence-corrected chi connectivity index (χ2v) is 10.5. The second-order valence-electron chi connectivity index (χ2n) is 8.43. The maximum Gasteiger partial charge on any atom is 0.162 e. The number of benzene rings is 3. The highest BCUT2D eigenvalue weighted by atomic mass is 79.9. The Kier molecular flexibility index (Phi) is 9.34. The summed E-state index contributed by atoms with van der Waals surface area (Å²) in [6, 6.07) is 15.6.